The van der Waals surface area contributed by atoms with E-state index in [1.807, 2.05) is 35.3 Å². The van der Waals surface area contributed by atoms with Crippen molar-refractivity contribution in [1.82, 2.24) is 15.1 Å². The molecule has 1 amide bonds. The minimum Gasteiger partial charge on any atom is -0.371 e. The van der Waals surface area contributed by atoms with Gasteiger partial charge in [-0.1, -0.05) is 6.07 Å². The summed E-state index contributed by atoms with van der Waals surface area (Å²) in [5.41, 5.74) is 0.786. The maximum Gasteiger partial charge on any atom is 0.242 e. The Morgan fingerprint density at radius 3 is 2.81 bits per heavy atom. The molecular weight excluding hydrogens is 284 g/mol. The lowest BCUT2D eigenvalue weighted by molar-refractivity contribution is -0.121. The summed E-state index contributed by atoms with van der Waals surface area (Å²) in [6, 6.07) is 3.69. The van der Waals surface area contributed by atoms with Crippen molar-refractivity contribution in [3.05, 3.63) is 34.8 Å². The summed E-state index contributed by atoms with van der Waals surface area (Å²) in [7, 11) is 0. The molecule has 2 heterocycles. The van der Waals surface area contributed by atoms with Gasteiger partial charge in [-0.25, -0.2) is 0 Å². The lowest BCUT2D eigenvalue weighted by Crippen LogP contribution is -2.36. The Hall–Kier alpha value is -1.82. The quantitative estimate of drug-likeness (QED) is 0.893. The number of nitrogens with one attached hydrogen (secondary N) is 2. The van der Waals surface area contributed by atoms with E-state index in [-0.39, 0.29) is 17.5 Å². The Balaban J connectivity index is 1.87. The largest absolute Gasteiger partial charge is 0.371 e. The van der Waals surface area contributed by atoms with E-state index >= 15 is 0 Å². The summed E-state index contributed by atoms with van der Waals surface area (Å²) in [4.78, 5) is 13.2. The third-order valence-electron chi connectivity index (χ3n) is 3.06. The smallest absolute Gasteiger partial charge is 0.242 e. The molecule has 0 aliphatic carbocycles. The first-order valence-electron chi connectivity index (χ1n) is 6.98. The Morgan fingerprint density at radius 2 is 2.24 bits per heavy atom. The third kappa shape index (κ3) is 4.32. The average Bonchev–Trinajstić information content (AvgIpc) is 3.05. The van der Waals surface area contributed by atoms with Crippen molar-refractivity contribution in [1.29, 1.82) is 0 Å². The van der Waals surface area contributed by atoms with Gasteiger partial charge in [-0.15, -0.1) is 11.3 Å². The summed E-state index contributed by atoms with van der Waals surface area (Å²) in [5, 5.41) is 12.4. The highest BCUT2D eigenvalue weighted by Gasteiger charge is 2.16. The molecule has 0 aromatic carbocycles. The van der Waals surface area contributed by atoms with E-state index in [9.17, 15) is 4.79 Å². The van der Waals surface area contributed by atoms with Crippen molar-refractivity contribution in [2.75, 3.05) is 5.32 Å². The van der Waals surface area contributed by atoms with Crippen LogP contribution in [0, 0.1) is 0 Å². The van der Waals surface area contributed by atoms with E-state index in [0.29, 0.717) is 6.54 Å². The second kappa shape index (κ2) is 6.30. The van der Waals surface area contributed by atoms with E-state index in [4.69, 9.17) is 0 Å². The second-order valence-electron chi connectivity index (χ2n) is 6.01. The fourth-order valence-electron chi connectivity index (χ4n) is 1.82. The van der Waals surface area contributed by atoms with Crippen molar-refractivity contribution in [2.24, 2.45) is 0 Å². The molecule has 2 aromatic heterocycles. The van der Waals surface area contributed by atoms with Gasteiger partial charge < -0.3 is 10.6 Å². The van der Waals surface area contributed by atoms with Gasteiger partial charge in [-0.2, -0.15) is 5.10 Å². The number of anilines is 1. The van der Waals surface area contributed by atoms with Crippen LogP contribution in [-0.4, -0.2) is 21.7 Å². The van der Waals surface area contributed by atoms with Crippen LogP contribution in [0.5, 0.6) is 0 Å². The van der Waals surface area contributed by atoms with Gasteiger partial charge in [0, 0.05) is 11.1 Å². The zero-order valence-corrected chi connectivity index (χ0v) is 13.7. The molecule has 21 heavy (non-hydrogen) atoms. The maximum atomic E-state index is 12.1. The van der Waals surface area contributed by atoms with Crippen LogP contribution in [0.4, 0.5) is 5.69 Å². The molecular formula is C15H22N4OS. The van der Waals surface area contributed by atoms with Gasteiger partial charge in [0.2, 0.25) is 5.91 Å². The molecule has 1 unspecified atom stereocenters. The molecule has 0 aliphatic heterocycles. The Bertz CT molecular complexity index is 583. The molecule has 6 heteroatoms. The standard InChI is InChI=1S/C15H22N4OS/c1-11(14(20)16-9-13-6-5-7-21-13)18-12-8-17-19(10-12)15(2,3)4/h5-8,10-11,18H,9H2,1-4H3,(H,16,20). The summed E-state index contributed by atoms with van der Waals surface area (Å²) in [6.07, 6.45) is 3.66. The van der Waals surface area contributed by atoms with E-state index < -0.39 is 0 Å². The molecule has 1 atom stereocenters. The maximum absolute atomic E-state index is 12.1. The molecule has 0 aliphatic rings. The monoisotopic (exact) mass is 306 g/mol. The van der Waals surface area contributed by atoms with E-state index in [2.05, 4.69) is 36.5 Å². The first-order chi connectivity index (χ1) is 9.86. The summed E-state index contributed by atoms with van der Waals surface area (Å²) in [6.45, 7) is 8.67. The van der Waals surface area contributed by atoms with Crippen LogP contribution >= 0.6 is 11.3 Å². The number of rotatable bonds is 5. The minimum atomic E-state index is -0.303. The topological polar surface area (TPSA) is 59.0 Å². The van der Waals surface area contributed by atoms with Crippen LogP contribution in [0.3, 0.4) is 0 Å². The average molecular weight is 306 g/mol. The molecule has 0 bridgehead atoms. The molecule has 2 rings (SSSR count). The fraction of sp³-hybridized carbons (Fsp3) is 0.467. The molecule has 0 spiro atoms. The molecule has 0 saturated heterocycles. The van der Waals surface area contributed by atoms with Gasteiger partial charge in [0.1, 0.15) is 6.04 Å². The highest BCUT2D eigenvalue weighted by atomic mass is 32.1. The SMILES string of the molecule is CC(Nc1cnn(C(C)(C)C)c1)C(=O)NCc1cccs1. The van der Waals surface area contributed by atoms with Crippen LogP contribution in [0.2, 0.25) is 0 Å². The summed E-state index contributed by atoms with van der Waals surface area (Å²) in [5.74, 6) is -0.0214. The van der Waals surface area contributed by atoms with Crippen molar-refractivity contribution in [2.45, 2.75) is 45.8 Å². The highest BCUT2D eigenvalue weighted by molar-refractivity contribution is 7.09. The second-order valence-corrected chi connectivity index (χ2v) is 7.04. The predicted molar refractivity (Wildman–Crippen MR) is 86.5 cm³/mol. The van der Waals surface area contributed by atoms with Gasteiger partial charge in [0.25, 0.3) is 0 Å². The molecule has 2 aromatic rings. The molecule has 0 radical (unpaired) electrons. The molecule has 0 saturated carbocycles. The molecule has 114 valence electrons. The van der Waals surface area contributed by atoms with Crippen LogP contribution < -0.4 is 10.6 Å². The zero-order valence-electron chi connectivity index (χ0n) is 12.9. The first kappa shape index (κ1) is 15.6. The number of thiophene rings is 1. The lowest BCUT2D eigenvalue weighted by Gasteiger charge is -2.19. The molecule has 5 nitrogen and oxygen atoms in total. The molecule has 2 N–H and O–H groups in total. The fourth-order valence-corrected chi connectivity index (χ4v) is 2.46. The number of amides is 1. The lowest BCUT2D eigenvalue weighted by atomic mass is 10.1. The predicted octanol–water partition coefficient (Wildman–Crippen LogP) is 2.82. The summed E-state index contributed by atoms with van der Waals surface area (Å²) >= 11 is 1.64. The van der Waals surface area contributed by atoms with Crippen molar-refractivity contribution >= 4 is 22.9 Å². The van der Waals surface area contributed by atoms with Gasteiger partial charge >= 0.3 is 0 Å². The number of hydrogen-bond acceptors (Lipinski definition) is 4. The minimum absolute atomic E-state index is 0.0214. The Kier molecular flexibility index (Phi) is 4.67. The Morgan fingerprint density at radius 1 is 1.48 bits per heavy atom. The van der Waals surface area contributed by atoms with Crippen LogP contribution in [0.15, 0.2) is 29.9 Å². The number of aromatic nitrogens is 2. The van der Waals surface area contributed by atoms with Crippen LogP contribution in [0.25, 0.3) is 0 Å². The molecule has 0 fully saturated rings. The van der Waals surface area contributed by atoms with E-state index in [1.54, 1.807) is 17.5 Å². The van der Waals surface area contributed by atoms with Crippen LogP contribution in [-0.2, 0) is 16.9 Å². The van der Waals surface area contributed by atoms with Crippen molar-refractivity contribution in [3.63, 3.8) is 0 Å². The highest BCUT2D eigenvalue weighted by Crippen LogP contribution is 2.16. The van der Waals surface area contributed by atoms with Gasteiger partial charge in [-0.3, -0.25) is 9.48 Å². The van der Waals surface area contributed by atoms with Gasteiger partial charge in [-0.05, 0) is 39.1 Å². The van der Waals surface area contributed by atoms with Gasteiger partial charge in [0.05, 0.1) is 24.0 Å². The number of nitrogens with zero attached hydrogens (tertiary/aromatic N) is 2. The van der Waals surface area contributed by atoms with Gasteiger partial charge in [0.15, 0.2) is 0 Å². The Labute approximate surface area is 129 Å². The zero-order chi connectivity index (χ0) is 15.5. The number of carbonyl (C=O) groups is 1. The third-order valence-corrected chi connectivity index (χ3v) is 3.94. The summed E-state index contributed by atoms with van der Waals surface area (Å²) < 4.78 is 1.88. The van der Waals surface area contributed by atoms with Crippen LogP contribution in [0.1, 0.15) is 32.6 Å². The van der Waals surface area contributed by atoms with Crippen molar-refractivity contribution in [3.8, 4) is 0 Å². The van der Waals surface area contributed by atoms with E-state index in [0.717, 1.165) is 10.6 Å². The number of carbonyl (C=O) groups excluding carboxylic acids is 1. The number of hydrogen-bond donors (Lipinski definition) is 2. The normalized spacial score (nSPS) is 13.0. The van der Waals surface area contributed by atoms with E-state index in [1.165, 1.54) is 0 Å². The first-order valence-corrected chi connectivity index (χ1v) is 7.86. The van der Waals surface area contributed by atoms with Crippen molar-refractivity contribution < 1.29 is 4.79 Å².